The summed E-state index contributed by atoms with van der Waals surface area (Å²) in [4.78, 5) is 0. The third-order valence-corrected chi connectivity index (χ3v) is 6.14. The fraction of sp³-hybridized carbons (Fsp3) is 0.333. The van der Waals surface area contributed by atoms with E-state index in [0.29, 0.717) is 4.24 Å². The van der Waals surface area contributed by atoms with Gasteiger partial charge in [-0.1, -0.05) is 6.08 Å². The van der Waals surface area contributed by atoms with Crippen molar-refractivity contribution in [2.45, 2.75) is 0 Å². The number of primary sulfonamides is 1. The van der Waals surface area contributed by atoms with Gasteiger partial charge in [0.25, 0.3) is 0 Å². The molecule has 1 aliphatic heterocycles. The van der Waals surface area contributed by atoms with Crippen molar-refractivity contribution < 1.29 is 8.42 Å². The standard InChI is InChI=1S/C6H11NO2S2/c1-10(2)5-3-4-6(10)11(7,8)9/h3-5H,1-2H3,(H2,7,8,9). The maximum Gasteiger partial charge on any atom is 0.242 e. The van der Waals surface area contributed by atoms with Crippen molar-refractivity contribution in [1.29, 1.82) is 0 Å². The zero-order valence-corrected chi connectivity index (χ0v) is 8.08. The summed E-state index contributed by atoms with van der Waals surface area (Å²) in [6, 6.07) is 0. The average molecular weight is 193 g/mol. The molecule has 0 amide bonds. The van der Waals surface area contributed by atoms with Gasteiger partial charge in [0, 0.05) is 0 Å². The molecule has 1 aliphatic rings. The first-order chi connectivity index (χ1) is 4.84. The van der Waals surface area contributed by atoms with Gasteiger partial charge in [0.2, 0.25) is 10.0 Å². The Morgan fingerprint density at radius 2 is 2.00 bits per heavy atom. The zero-order valence-electron chi connectivity index (χ0n) is 6.44. The first kappa shape index (κ1) is 8.83. The van der Waals surface area contributed by atoms with Crippen LogP contribution in [0.15, 0.2) is 21.8 Å². The fourth-order valence-electron chi connectivity index (χ4n) is 0.951. The molecule has 0 atom stereocenters. The lowest BCUT2D eigenvalue weighted by atomic mass is 10.6. The smallest absolute Gasteiger partial charge is 0.224 e. The highest BCUT2D eigenvalue weighted by atomic mass is 32.3. The van der Waals surface area contributed by atoms with Crippen molar-refractivity contribution in [2.24, 2.45) is 5.14 Å². The summed E-state index contributed by atoms with van der Waals surface area (Å²) in [5, 5.41) is 6.90. The second-order valence-corrected chi connectivity index (χ2v) is 8.08. The number of nitrogens with two attached hydrogens (primary N) is 1. The van der Waals surface area contributed by atoms with Crippen molar-refractivity contribution in [3.05, 3.63) is 21.8 Å². The molecule has 1 heterocycles. The van der Waals surface area contributed by atoms with Crippen molar-refractivity contribution in [1.82, 2.24) is 0 Å². The van der Waals surface area contributed by atoms with E-state index in [1.54, 1.807) is 12.2 Å². The van der Waals surface area contributed by atoms with Crippen LogP contribution in [0.25, 0.3) is 0 Å². The molecule has 0 aromatic rings. The van der Waals surface area contributed by atoms with Crippen molar-refractivity contribution >= 4 is 20.1 Å². The van der Waals surface area contributed by atoms with E-state index in [1.165, 1.54) is 0 Å². The molecule has 11 heavy (non-hydrogen) atoms. The molecule has 0 saturated heterocycles. The largest absolute Gasteiger partial charge is 0.242 e. The Bertz CT molecular complexity index is 324. The highest BCUT2D eigenvalue weighted by Crippen LogP contribution is 2.54. The van der Waals surface area contributed by atoms with Gasteiger partial charge in [-0.2, -0.15) is 10.0 Å². The van der Waals surface area contributed by atoms with Crippen LogP contribution in [0.5, 0.6) is 0 Å². The molecular weight excluding hydrogens is 182 g/mol. The van der Waals surface area contributed by atoms with Crippen LogP contribution in [0.1, 0.15) is 0 Å². The summed E-state index contributed by atoms with van der Waals surface area (Å²) in [5.74, 6) is 0. The molecule has 5 heteroatoms. The van der Waals surface area contributed by atoms with Gasteiger partial charge in [-0.05, 0) is 24.0 Å². The topological polar surface area (TPSA) is 60.2 Å². The minimum atomic E-state index is -3.47. The highest BCUT2D eigenvalue weighted by Gasteiger charge is 2.26. The van der Waals surface area contributed by atoms with E-state index in [0.717, 1.165) is 0 Å². The SMILES string of the molecule is CS1(C)C=CC=C1S(N)(=O)=O. The highest BCUT2D eigenvalue weighted by molar-refractivity contribution is 8.44. The minimum Gasteiger partial charge on any atom is -0.224 e. The number of hydrogen-bond acceptors (Lipinski definition) is 2. The predicted octanol–water partition coefficient (Wildman–Crippen LogP) is 0.708. The minimum absolute atomic E-state index is 0.366. The Labute approximate surface area is 68.3 Å². The Morgan fingerprint density at radius 1 is 1.45 bits per heavy atom. The molecule has 0 aromatic heterocycles. The second kappa shape index (κ2) is 2.36. The lowest BCUT2D eigenvalue weighted by Crippen LogP contribution is -2.16. The summed E-state index contributed by atoms with van der Waals surface area (Å²) >= 11 is 0. The Kier molecular flexibility index (Phi) is 1.90. The number of sulfonamides is 1. The van der Waals surface area contributed by atoms with Gasteiger partial charge in [-0.25, -0.2) is 13.6 Å². The Hall–Kier alpha value is -0.260. The molecular formula is C6H11NO2S2. The summed E-state index contributed by atoms with van der Waals surface area (Å²) < 4.78 is 22.2. The van der Waals surface area contributed by atoms with E-state index in [-0.39, 0.29) is 0 Å². The van der Waals surface area contributed by atoms with E-state index in [9.17, 15) is 8.42 Å². The van der Waals surface area contributed by atoms with E-state index in [2.05, 4.69) is 0 Å². The molecule has 64 valence electrons. The summed E-state index contributed by atoms with van der Waals surface area (Å²) in [6.45, 7) is 0. The molecule has 0 aromatic carbocycles. The maximum atomic E-state index is 10.9. The van der Waals surface area contributed by atoms with Gasteiger partial charge in [0.05, 0.1) is 0 Å². The van der Waals surface area contributed by atoms with E-state index in [4.69, 9.17) is 5.14 Å². The van der Waals surface area contributed by atoms with Crippen molar-refractivity contribution in [3.63, 3.8) is 0 Å². The maximum absolute atomic E-state index is 10.9. The van der Waals surface area contributed by atoms with Crippen LogP contribution >= 0.6 is 10.0 Å². The molecule has 0 spiro atoms. The molecule has 1 rings (SSSR count). The monoisotopic (exact) mass is 193 g/mol. The van der Waals surface area contributed by atoms with Crippen LogP contribution < -0.4 is 5.14 Å². The first-order valence-corrected chi connectivity index (χ1v) is 7.04. The Balaban J connectivity index is 3.15. The molecule has 2 N–H and O–H groups in total. The quantitative estimate of drug-likeness (QED) is 0.666. The molecule has 0 unspecified atom stereocenters. The number of hydrogen-bond donors (Lipinski definition) is 1. The third kappa shape index (κ3) is 1.66. The normalized spacial score (nSPS) is 24.8. The zero-order chi connectivity index (χ0) is 8.70. The number of allylic oxidation sites excluding steroid dienone is 2. The van der Waals surface area contributed by atoms with Crippen LogP contribution in [0.4, 0.5) is 0 Å². The van der Waals surface area contributed by atoms with Gasteiger partial charge in [0.15, 0.2) is 0 Å². The molecule has 0 bridgehead atoms. The van der Waals surface area contributed by atoms with Gasteiger partial charge >= 0.3 is 0 Å². The van der Waals surface area contributed by atoms with Gasteiger partial charge < -0.3 is 0 Å². The summed E-state index contributed by atoms with van der Waals surface area (Å²) in [6.07, 6.45) is 7.11. The molecule has 3 nitrogen and oxygen atoms in total. The van der Waals surface area contributed by atoms with E-state index >= 15 is 0 Å². The lowest BCUT2D eigenvalue weighted by Gasteiger charge is -2.24. The number of rotatable bonds is 1. The Morgan fingerprint density at radius 3 is 2.18 bits per heavy atom. The van der Waals surface area contributed by atoms with Crippen LogP contribution in [0, 0.1) is 0 Å². The summed E-state index contributed by atoms with van der Waals surface area (Å²) in [7, 11) is -4.75. The van der Waals surface area contributed by atoms with Crippen LogP contribution in [0.3, 0.4) is 0 Å². The van der Waals surface area contributed by atoms with Crippen LogP contribution in [-0.2, 0) is 10.0 Å². The van der Waals surface area contributed by atoms with Crippen LogP contribution in [0.2, 0.25) is 0 Å². The van der Waals surface area contributed by atoms with Gasteiger partial charge in [-0.15, -0.1) is 0 Å². The fourth-order valence-corrected chi connectivity index (χ4v) is 4.82. The predicted molar refractivity (Wildman–Crippen MR) is 49.8 cm³/mol. The van der Waals surface area contributed by atoms with Gasteiger partial charge in [-0.3, -0.25) is 0 Å². The lowest BCUT2D eigenvalue weighted by molar-refractivity contribution is 0.605. The third-order valence-electron chi connectivity index (χ3n) is 1.45. The first-order valence-electron chi connectivity index (χ1n) is 2.98. The molecule has 0 fully saturated rings. The molecule has 0 radical (unpaired) electrons. The second-order valence-electron chi connectivity index (χ2n) is 2.76. The van der Waals surface area contributed by atoms with E-state index in [1.807, 2.05) is 17.9 Å². The average Bonchev–Trinajstić information content (AvgIpc) is 2.06. The molecule has 0 saturated carbocycles. The van der Waals surface area contributed by atoms with Crippen molar-refractivity contribution in [3.8, 4) is 0 Å². The van der Waals surface area contributed by atoms with Crippen LogP contribution in [-0.4, -0.2) is 20.9 Å². The molecule has 0 aliphatic carbocycles. The van der Waals surface area contributed by atoms with Crippen molar-refractivity contribution in [2.75, 3.05) is 12.5 Å². The van der Waals surface area contributed by atoms with E-state index < -0.39 is 20.1 Å². The summed E-state index contributed by atoms with van der Waals surface area (Å²) in [5.41, 5.74) is 0. The van der Waals surface area contributed by atoms with Gasteiger partial charge in [0.1, 0.15) is 4.24 Å².